The Bertz CT molecular complexity index is 1310. The van der Waals surface area contributed by atoms with Gasteiger partial charge in [0, 0.05) is 43.7 Å². The number of rotatable bonds is 6. The number of halogens is 1. The number of nitrogens with two attached hydrogens (primary N) is 2. The SMILES string of the molecule is COC1CC(Cc2cnc(N)nc2N)=CC(c2ccc(Cl)cc2)(N2C=Cc3ccccc3C2)C1OC. The van der Waals surface area contributed by atoms with Crippen LogP contribution in [0.2, 0.25) is 5.02 Å². The minimum absolute atomic E-state index is 0.163. The molecule has 5 rings (SSSR count). The molecular formula is C28H30ClN5O2. The summed E-state index contributed by atoms with van der Waals surface area (Å²) in [5.74, 6) is 0.547. The van der Waals surface area contributed by atoms with Crippen LogP contribution in [0.4, 0.5) is 11.8 Å². The molecule has 0 fully saturated rings. The minimum Gasteiger partial charge on any atom is -0.383 e. The summed E-state index contributed by atoms with van der Waals surface area (Å²) in [5.41, 5.74) is 16.8. The van der Waals surface area contributed by atoms with E-state index in [1.165, 1.54) is 11.1 Å². The Labute approximate surface area is 216 Å². The molecule has 2 heterocycles. The monoisotopic (exact) mass is 503 g/mol. The Morgan fingerprint density at radius 2 is 1.86 bits per heavy atom. The van der Waals surface area contributed by atoms with Crippen molar-refractivity contribution in [3.8, 4) is 0 Å². The van der Waals surface area contributed by atoms with Crippen LogP contribution in [0.5, 0.6) is 0 Å². The summed E-state index contributed by atoms with van der Waals surface area (Å²) in [6, 6.07) is 16.4. The Kier molecular flexibility index (Phi) is 6.71. The van der Waals surface area contributed by atoms with Crippen LogP contribution in [-0.2, 0) is 28.0 Å². The van der Waals surface area contributed by atoms with Crippen molar-refractivity contribution >= 4 is 29.4 Å². The van der Waals surface area contributed by atoms with Crippen molar-refractivity contribution in [3.05, 3.63) is 99.9 Å². The van der Waals surface area contributed by atoms with Gasteiger partial charge in [-0.25, -0.2) is 4.98 Å². The largest absolute Gasteiger partial charge is 0.383 e. The first kappa shape index (κ1) is 24.3. The van der Waals surface area contributed by atoms with E-state index in [2.05, 4.69) is 69.6 Å². The standard InChI is InChI=1S/C28H30ClN5O2/c1-35-24-14-18(13-21-16-32-27(31)33-26(21)30)15-28(25(24)36-2,22-7-9-23(29)10-8-22)34-12-11-19-5-3-4-6-20(19)17-34/h3-12,15-16,24-25H,13-14,17H2,1-2H3,(H4,30,31,32,33). The molecule has 8 heteroatoms. The Hall–Kier alpha value is -3.39. The van der Waals surface area contributed by atoms with Crippen molar-refractivity contribution in [1.82, 2.24) is 14.9 Å². The van der Waals surface area contributed by atoms with Gasteiger partial charge in [0.1, 0.15) is 17.5 Å². The Morgan fingerprint density at radius 1 is 1.08 bits per heavy atom. The van der Waals surface area contributed by atoms with Crippen molar-refractivity contribution in [2.24, 2.45) is 0 Å². The molecule has 7 nitrogen and oxygen atoms in total. The topological polar surface area (TPSA) is 99.5 Å². The van der Waals surface area contributed by atoms with Crippen molar-refractivity contribution in [3.63, 3.8) is 0 Å². The number of ether oxygens (including phenoxy) is 2. The van der Waals surface area contributed by atoms with Gasteiger partial charge in [-0.2, -0.15) is 4.98 Å². The van der Waals surface area contributed by atoms with Gasteiger partial charge in [-0.05, 0) is 47.7 Å². The second kappa shape index (κ2) is 9.93. The van der Waals surface area contributed by atoms with Crippen molar-refractivity contribution in [2.45, 2.75) is 37.1 Å². The third kappa shape index (κ3) is 4.34. The van der Waals surface area contributed by atoms with Crippen molar-refractivity contribution in [1.29, 1.82) is 0 Å². The molecule has 2 aliphatic rings. The third-order valence-corrected chi connectivity index (χ3v) is 7.41. The molecule has 186 valence electrons. The molecule has 3 aromatic rings. The first-order valence-corrected chi connectivity index (χ1v) is 12.2. The van der Waals surface area contributed by atoms with Crippen LogP contribution in [0.3, 0.4) is 0 Å². The van der Waals surface area contributed by atoms with Crippen LogP contribution in [0.15, 0.2) is 72.6 Å². The lowest BCUT2D eigenvalue weighted by Gasteiger charge is -2.52. The van der Waals surface area contributed by atoms with Gasteiger partial charge in [-0.3, -0.25) is 0 Å². The first-order chi connectivity index (χ1) is 17.4. The Morgan fingerprint density at radius 3 is 2.58 bits per heavy atom. The molecule has 0 amide bonds. The second-order valence-electron chi connectivity index (χ2n) is 9.23. The summed E-state index contributed by atoms with van der Waals surface area (Å²) in [6.07, 6.45) is 9.07. The smallest absolute Gasteiger partial charge is 0.221 e. The summed E-state index contributed by atoms with van der Waals surface area (Å²) < 4.78 is 12.3. The van der Waals surface area contributed by atoms with E-state index in [9.17, 15) is 0 Å². The summed E-state index contributed by atoms with van der Waals surface area (Å²) in [6.45, 7) is 0.711. The molecule has 2 aromatic carbocycles. The lowest BCUT2D eigenvalue weighted by Crippen LogP contribution is -2.58. The zero-order valence-corrected chi connectivity index (χ0v) is 21.2. The number of nitrogens with zero attached hydrogens (tertiary/aromatic N) is 3. The van der Waals surface area contributed by atoms with E-state index in [-0.39, 0.29) is 18.2 Å². The molecule has 1 aliphatic carbocycles. The number of hydrogen-bond donors (Lipinski definition) is 2. The summed E-state index contributed by atoms with van der Waals surface area (Å²) in [7, 11) is 3.47. The van der Waals surface area contributed by atoms with Gasteiger partial charge in [-0.1, -0.05) is 59.6 Å². The van der Waals surface area contributed by atoms with Gasteiger partial charge in [-0.15, -0.1) is 0 Å². The van der Waals surface area contributed by atoms with Crippen LogP contribution in [0.1, 0.15) is 28.7 Å². The van der Waals surface area contributed by atoms with Gasteiger partial charge in [0.25, 0.3) is 0 Å². The van der Waals surface area contributed by atoms with Crippen LogP contribution >= 0.6 is 11.6 Å². The van der Waals surface area contributed by atoms with E-state index in [0.29, 0.717) is 30.2 Å². The van der Waals surface area contributed by atoms with Gasteiger partial charge < -0.3 is 25.8 Å². The molecule has 0 saturated carbocycles. The summed E-state index contributed by atoms with van der Waals surface area (Å²) >= 11 is 6.30. The molecule has 3 unspecified atom stereocenters. The normalized spacial score (nSPS) is 23.3. The average molecular weight is 504 g/mol. The van der Waals surface area contributed by atoms with E-state index in [0.717, 1.165) is 16.7 Å². The molecule has 36 heavy (non-hydrogen) atoms. The fourth-order valence-corrected chi connectivity index (χ4v) is 5.58. The van der Waals surface area contributed by atoms with Crippen molar-refractivity contribution < 1.29 is 9.47 Å². The van der Waals surface area contributed by atoms with Gasteiger partial charge in [0.05, 0.1) is 6.10 Å². The Balaban J connectivity index is 1.68. The van der Waals surface area contributed by atoms with Crippen LogP contribution in [0.25, 0.3) is 6.08 Å². The fourth-order valence-electron chi connectivity index (χ4n) is 5.46. The number of anilines is 2. The predicted octanol–water partition coefficient (Wildman–Crippen LogP) is 4.58. The highest BCUT2D eigenvalue weighted by atomic mass is 35.5. The molecule has 0 saturated heterocycles. The van der Waals surface area contributed by atoms with Crippen LogP contribution in [-0.4, -0.2) is 41.3 Å². The lowest BCUT2D eigenvalue weighted by atomic mass is 9.72. The molecule has 4 N–H and O–H groups in total. The van der Waals surface area contributed by atoms with Crippen LogP contribution in [0, 0.1) is 0 Å². The zero-order valence-electron chi connectivity index (χ0n) is 20.4. The van der Waals surface area contributed by atoms with Gasteiger partial charge in [0.15, 0.2) is 0 Å². The van der Waals surface area contributed by atoms with E-state index in [4.69, 9.17) is 32.5 Å². The summed E-state index contributed by atoms with van der Waals surface area (Å²) in [5, 5.41) is 0.678. The first-order valence-electron chi connectivity index (χ1n) is 11.9. The third-order valence-electron chi connectivity index (χ3n) is 7.16. The van der Waals surface area contributed by atoms with E-state index in [1.807, 2.05) is 12.1 Å². The highest BCUT2D eigenvalue weighted by Crippen LogP contribution is 2.46. The maximum Gasteiger partial charge on any atom is 0.221 e. The average Bonchev–Trinajstić information content (AvgIpc) is 2.89. The fraction of sp³-hybridized carbons (Fsp3) is 0.286. The minimum atomic E-state index is -0.666. The van der Waals surface area contributed by atoms with E-state index < -0.39 is 5.54 Å². The maximum atomic E-state index is 6.30. The molecular weight excluding hydrogens is 474 g/mol. The number of benzene rings is 2. The molecule has 3 atom stereocenters. The molecule has 0 spiro atoms. The van der Waals surface area contributed by atoms with Crippen LogP contribution < -0.4 is 11.5 Å². The second-order valence-corrected chi connectivity index (χ2v) is 9.66. The van der Waals surface area contributed by atoms with E-state index in [1.54, 1.807) is 20.4 Å². The zero-order chi connectivity index (χ0) is 25.3. The highest BCUT2D eigenvalue weighted by molar-refractivity contribution is 6.30. The summed E-state index contributed by atoms with van der Waals surface area (Å²) in [4.78, 5) is 10.6. The van der Waals surface area contributed by atoms with Crippen molar-refractivity contribution in [2.75, 3.05) is 25.7 Å². The number of methoxy groups -OCH3 is 2. The predicted molar refractivity (Wildman–Crippen MR) is 143 cm³/mol. The van der Waals surface area contributed by atoms with Gasteiger partial charge >= 0.3 is 0 Å². The molecule has 1 aromatic heterocycles. The molecule has 1 aliphatic heterocycles. The maximum absolute atomic E-state index is 6.30. The highest BCUT2D eigenvalue weighted by Gasteiger charge is 2.50. The number of aromatic nitrogens is 2. The lowest BCUT2D eigenvalue weighted by molar-refractivity contribution is -0.107. The molecule has 0 bridgehead atoms. The quantitative estimate of drug-likeness (QED) is 0.475. The number of hydrogen-bond acceptors (Lipinski definition) is 7. The number of fused-ring (bicyclic) bond motifs is 1. The number of nitrogen functional groups attached to an aromatic ring is 2. The molecule has 0 radical (unpaired) electrons. The van der Waals surface area contributed by atoms with E-state index >= 15 is 0 Å². The van der Waals surface area contributed by atoms with Gasteiger partial charge in [0.2, 0.25) is 5.95 Å².